The fourth-order valence-electron chi connectivity index (χ4n) is 0.700. The molecule has 0 aromatic rings. The molecule has 0 aromatic heterocycles. The molecule has 1 N–H and O–H groups in total. The highest BCUT2D eigenvalue weighted by Crippen LogP contribution is 2.34. The maximum absolute atomic E-state index is 12.5. The van der Waals surface area contributed by atoms with Crippen molar-refractivity contribution in [2.75, 3.05) is 0 Å². The first-order valence-corrected chi connectivity index (χ1v) is 2.96. The van der Waals surface area contributed by atoms with E-state index in [9.17, 15) is 9.18 Å². The van der Waals surface area contributed by atoms with Crippen LogP contribution in [0.15, 0.2) is 0 Å². The normalized spacial score (nSPS) is 21.1. The van der Waals surface area contributed by atoms with Gasteiger partial charge in [0, 0.05) is 7.05 Å². The van der Waals surface area contributed by atoms with Crippen LogP contribution in [0.5, 0.6) is 0 Å². The summed E-state index contributed by atoms with van der Waals surface area (Å²) in [7, 11) is 3.08. The van der Waals surface area contributed by atoms with Gasteiger partial charge in [0.2, 0.25) is 0 Å². The zero-order valence-electron chi connectivity index (χ0n) is 5.06. The molecule has 0 aromatic carbocycles. The third-order valence-electron chi connectivity index (χ3n) is 1.46. The number of alkyl halides is 1. The predicted molar refractivity (Wildman–Crippen MR) is 31.1 cm³/mol. The number of nitrogens with one attached hydrogen (secondary N) is 1. The van der Waals surface area contributed by atoms with Gasteiger partial charge in [0.25, 0.3) is 5.91 Å². The second-order valence-corrected chi connectivity index (χ2v) is 2.28. The van der Waals surface area contributed by atoms with E-state index < -0.39 is 12.1 Å². The molecule has 2 nitrogen and oxygen atoms in total. The van der Waals surface area contributed by atoms with Gasteiger partial charge in [0.15, 0.2) is 6.17 Å². The van der Waals surface area contributed by atoms with Crippen molar-refractivity contribution in [2.45, 2.75) is 19.0 Å². The fraction of sp³-hybridized carbons (Fsp3) is 0.667. The number of halogens is 1. The summed E-state index contributed by atoms with van der Waals surface area (Å²) < 4.78 is 12.5. The first-order valence-electron chi connectivity index (χ1n) is 2.96. The van der Waals surface area contributed by atoms with Crippen LogP contribution in [0.2, 0.25) is 0 Å². The van der Waals surface area contributed by atoms with Gasteiger partial charge in [-0.3, -0.25) is 4.79 Å². The van der Waals surface area contributed by atoms with Crippen LogP contribution >= 0.6 is 0 Å². The molecule has 0 saturated heterocycles. The van der Waals surface area contributed by atoms with Crippen molar-refractivity contribution in [2.24, 2.45) is 5.92 Å². The summed E-state index contributed by atoms with van der Waals surface area (Å²) in [5.74, 6) is -0.607. The van der Waals surface area contributed by atoms with Crippen LogP contribution in [0.25, 0.3) is 0 Å². The summed E-state index contributed by atoms with van der Waals surface area (Å²) in [5, 5.41) is 2.02. The van der Waals surface area contributed by atoms with Crippen molar-refractivity contribution in [3.63, 3.8) is 0 Å². The predicted octanol–water partition coefficient (Wildman–Crippen LogP) is 0.642. The molecule has 1 fully saturated rings. The molecule has 1 saturated carbocycles. The zero-order chi connectivity index (χ0) is 6.85. The Kier molecular flexibility index (Phi) is 1.69. The molecule has 9 heavy (non-hydrogen) atoms. The Morgan fingerprint density at radius 3 is 2.67 bits per heavy atom. The molecule has 1 amide bonds. The SMILES string of the molecule is [CH2]NC(=O)[C@H](F)C1CC1. The molecule has 0 heterocycles. The molecular weight excluding hydrogens is 121 g/mol. The van der Waals surface area contributed by atoms with E-state index in [1.165, 1.54) is 0 Å². The molecule has 0 aliphatic heterocycles. The number of carbonyl (C=O) groups is 1. The highest BCUT2D eigenvalue weighted by atomic mass is 19.1. The van der Waals surface area contributed by atoms with Crippen LogP contribution in [0, 0.1) is 13.0 Å². The third kappa shape index (κ3) is 1.40. The molecule has 0 bridgehead atoms. The average Bonchev–Trinajstić information content (AvgIpc) is 2.66. The molecule has 0 unspecified atom stereocenters. The minimum absolute atomic E-state index is 0.0215. The van der Waals surface area contributed by atoms with Gasteiger partial charge in [0.05, 0.1) is 0 Å². The second-order valence-electron chi connectivity index (χ2n) is 2.28. The van der Waals surface area contributed by atoms with Crippen LogP contribution in [0.4, 0.5) is 4.39 Å². The van der Waals surface area contributed by atoms with Crippen molar-refractivity contribution < 1.29 is 9.18 Å². The highest BCUT2D eigenvalue weighted by Gasteiger charge is 2.35. The fourth-order valence-corrected chi connectivity index (χ4v) is 0.700. The average molecular weight is 130 g/mol. The van der Waals surface area contributed by atoms with Gasteiger partial charge in [-0.1, -0.05) is 0 Å². The Morgan fingerprint density at radius 2 is 2.33 bits per heavy atom. The zero-order valence-corrected chi connectivity index (χ0v) is 5.06. The third-order valence-corrected chi connectivity index (χ3v) is 1.46. The summed E-state index contributed by atoms with van der Waals surface area (Å²) >= 11 is 0. The molecular formula is C6H9FNO. The monoisotopic (exact) mass is 130 g/mol. The van der Waals surface area contributed by atoms with Crippen LogP contribution in [-0.2, 0) is 4.79 Å². The molecule has 1 atom stereocenters. The van der Waals surface area contributed by atoms with E-state index in [1.54, 1.807) is 0 Å². The van der Waals surface area contributed by atoms with E-state index >= 15 is 0 Å². The Labute approximate surface area is 53.4 Å². The van der Waals surface area contributed by atoms with Crippen LogP contribution in [-0.4, -0.2) is 12.1 Å². The summed E-state index contributed by atoms with van der Waals surface area (Å²) in [6.45, 7) is 0. The minimum atomic E-state index is -1.32. The van der Waals surface area contributed by atoms with Crippen LogP contribution in [0.1, 0.15) is 12.8 Å². The van der Waals surface area contributed by atoms with Crippen molar-refractivity contribution in [3.05, 3.63) is 7.05 Å². The van der Waals surface area contributed by atoms with E-state index in [4.69, 9.17) is 0 Å². The topological polar surface area (TPSA) is 29.1 Å². The van der Waals surface area contributed by atoms with E-state index in [2.05, 4.69) is 7.05 Å². The highest BCUT2D eigenvalue weighted by molar-refractivity contribution is 5.81. The molecule has 1 aliphatic rings. The Morgan fingerprint density at radius 1 is 1.78 bits per heavy atom. The lowest BCUT2D eigenvalue weighted by Gasteiger charge is -2.01. The summed E-state index contributed by atoms with van der Waals surface area (Å²) in [6, 6.07) is 0. The number of hydrogen-bond donors (Lipinski definition) is 1. The molecule has 1 aliphatic carbocycles. The lowest BCUT2D eigenvalue weighted by atomic mass is 10.2. The van der Waals surface area contributed by atoms with Gasteiger partial charge in [-0.2, -0.15) is 0 Å². The molecule has 51 valence electrons. The quantitative estimate of drug-likeness (QED) is 0.584. The Balaban J connectivity index is 2.30. The van der Waals surface area contributed by atoms with Gasteiger partial charge >= 0.3 is 0 Å². The van der Waals surface area contributed by atoms with Crippen molar-refractivity contribution in [3.8, 4) is 0 Å². The lowest BCUT2D eigenvalue weighted by molar-refractivity contribution is -0.125. The standard InChI is InChI=1S/C6H9FNO/c1-8-6(9)5(7)4-2-3-4/h4-5H,1-3H2,(H,8,9)/t5-/m1/s1. The van der Waals surface area contributed by atoms with Crippen molar-refractivity contribution in [1.29, 1.82) is 0 Å². The first kappa shape index (κ1) is 6.52. The smallest absolute Gasteiger partial charge is 0.254 e. The van der Waals surface area contributed by atoms with E-state index in [0.717, 1.165) is 12.8 Å². The van der Waals surface area contributed by atoms with Gasteiger partial charge in [-0.15, -0.1) is 0 Å². The first-order chi connectivity index (χ1) is 4.25. The van der Waals surface area contributed by atoms with Gasteiger partial charge < -0.3 is 5.32 Å². The molecule has 1 radical (unpaired) electrons. The van der Waals surface area contributed by atoms with Gasteiger partial charge in [-0.05, 0) is 18.8 Å². The number of hydrogen-bond acceptors (Lipinski definition) is 1. The second kappa shape index (κ2) is 2.33. The molecule has 1 rings (SSSR count). The lowest BCUT2D eigenvalue weighted by Crippen LogP contribution is -2.28. The Bertz CT molecular complexity index is 122. The largest absolute Gasteiger partial charge is 0.352 e. The minimum Gasteiger partial charge on any atom is -0.352 e. The number of rotatable bonds is 2. The van der Waals surface area contributed by atoms with Crippen LogP contribution in [0.3, 0.4) is 0 Å². The summed E-state index contributed by atoms with van der Waals surface area (Å²) in [6.07, 6.45) is 0.367. The van der Waals surface area contributed by atoms with E-state index in [-0.39, 0.29) is 5.92 Å². The maximum Gasteiger partial charge on any atom is 0.254 e. The summed E-state index contributed by atoms with van der Waals surface area (Å²) in [4.78, 5) is 10.4. The van der Waals surface area contributed by atoms with Gasteiger partial charge in [-0.25, -0.2) is 4.39 Å². The number of carbonyl (C=O) groups excluding carboxylic acids is 1. The maximum atomic E-state index is 12.5. The van der Waals surface area contributed by atoms with E-state index in [0.29, 0.717) is 0 Å². The van der Waals surface area contributed by atoms with E-state index in [1.807, 2.05) is 5.32 Å². The molecule has 0 spiro atoms. The van der Waals surface area contributed by atoms with Crippen molar-refractivity contribution in [1.82, 2.24) is 5.32 Å². The number of amides is 1. The summed E-state index contributed by atoms with van der Waals surface area (Å²) in [5.41, 5.74) is 0. The molecule has 3 heteroatoms. The van der Waals surface area contributed by atoms with Crippen LogP contribution < -0.4 is 5.32 Å². The van der Waals surface area contributed by atoms with Gasteiger partial charge in [0.1, 0.15) is 0 Å². The Hall–Kier alpha value is -0.600. The van der Waals surface area contributed by atoms with Crippen molar-refractivity contribution >= 4 is 5.91 Å².